The molecule has 0 saturated heterocycles. The van der Waals surface area contributed by atoms with E-state index in [0.717, 1.165) is 18.0 Å². The number of hydrogen-bond acceptors (Lipinski definition) is 4. The monoisotopic (exact) mass is 257 g/mol. The van der Waals surface area contributed by atoms with Gasteiger partial charge in [0.2, 0.25) is 5.91 Å². The summed E-state index contributed by atoms with van der Waals surface area (Å²) in [6.07, 6.45) is 6.08. The molecule has 0 radical (unpaired) electrons. The maximum atomic E-state index is 11.4. The molecule has 0 aliphatic carbocycles. The van der Waals surface area contributed by atoms with E-state index in [-0.39, 0.29) is 5.91 Å². The van der Waals surface area contributed by atoms with Crippen molar-refractivity contribution in [1.82, 2.24) is 14.9 Å². The number of carbonyl (C=O) groups excluding carboxylic acids is 1. The summed E-state index contributed by atoms with van der Waals surface area (Å²) >= 11 is 1.67. The lowest BCUT2D eigenvalue weighted by Crippen LogP contribution is -2.24. The van der Waals surface area contributed by atoms with E-state index in [4.69, 9.17) is 4.74 Å². The number of rotatable bonds is 8. The minimum atomic E-state index is 0.0823. The first-order valence-electron chi connectivity index (χ1n) is 5.51. The molecule has 1 aromatic heterocycles. The van der Waals surface area contributed by atoms with Crippen LogP contribution in [-0.4, -0.2) is 41.2 Å². The molecule has 0 atom stereocenters. The molecule has 1 aromatic rings. The van der Waals surface area contributed by atoms with Gasteiger partial charge in [-0.3, -0.25) is 4.79 Å². The van der Waals surface area contributed by atoms with Gasteiger partial charge >= 0.3 is 0 Å². The number of nitrogens with zero attached hydrogens (tertiary/aromatic N) is 2. The molecule has 1 rings (SSSR count). The Labute approximate surface area is 106 Å². The van der Waals surface area contributed by atoms with Gasteiger partial charge in [0, 0.05) is 32.0 Å². The first-order chi connectivity index (χ1) is 8.27. The summed E-state index contributed by atoms with van der Waals surface area (Å²) < 4.78 is 6.99. The van der Waals surface area contributed by atoms with Crippen molar-refractivity contribution in [2.45, 2.75) is 19.5 Å². The van der Waals surface area contributed by atoms with Gasteiger partial charge in [-0.25, -0.2) is 4.98 Å². The van der Waals surface area contributed by atoms with Gasteiger partial charge in [0.1, 0.15) is 0 Å². The predicted octanol–water partition coefficient (Wildman–Crippen LogP) is 0.899. The van der Waals surface area contributed by atoms with Gasteiger partial charge in [-0.2, -0.15) is 11.8 Å². The van der Waals surface area contributed by atoms with Crippen LogP contribution in [0.25, 0.3) is 0 Å². The zero-order chi connectivity index (χ0) is 12.5. The third-order valence-corrected chi connectivity index (χ3v) is 2.95. The van der Waals surface area contributed by atoms with Gasteiger partial charge in [-0.1, -0.05) is 0 Å². The summed E-state index contributed by atoms with van der Waals surface area (Å²) in [4.78, 5) is 15.5. The van der Waals surface area contributed by atoms with Crippen LogP contribution in [0.3, 0.4) is 0 Å². The van der Waals surface area contributed by atoms with Crippen LogP contribution in [0.4, 0.5) is 0 Å². The maximum absolute atomic E-state index is 11.4. The third-order valence-electron chi connectivity index (χ3n) is 2.33. The molecule has 1 heterocycles. The summed E-state index contributed by atoms with van der Waals surface area (Å²) in [5, 5.41) is 2.88. The minimum absolute atomic E-state index is 0.0823. The molecule has 1 N–H and O–H groups in total. The fraction of sp³-hybridized carbons (Fsp3) is 0.636. The van der Waals surface area contributed by atoms with Crippen molar-refractivity contribution < 1.29 is 9.53 Å². The number of thioether (sulfide) groups is 1. The second kappa shape index (κ2) is 8.14. The van der Waals surface area contributed by atoms with Gasteiger partial charge in [-0.15, -0.1) is 0 Å². The number of amides is 1. The summed E-state index contributed by atoms with van der Waals surface area (Å²) in [5.74, 6) is 0.938. The van der Waals surface area contributed by atoms with E-state index in [1.807, 2.05) is 10.8 Å². The van der Waals surface area contributed by atoms with Crippen molar-refractivity contribution in [2.75, 3.05) is 25.7 Å². The van der Waals surface area contributed by atoms with Crippen molar-refractivity contribution in [1.29, 1.82) is 0 Å². The summed E-state index contributed by atoms with van der Waals surface area (Å²) in [7, 11) is 1.67. The maximum Gasteiger partial charge on any atom is 0.221 e. The van der Waals surface area contributed by atoms with Crippen molar-refractivity contribution in [3.05, 3.63) is 18.2 Å². The molecule has 0 bridgehead atoms. The van der Waals surface area contributed by atoms with E-state index < -0.39 is 0 Å². The molecule has 1 amide bonds. The molecule has 0 aliphatic heterocycles. The normalized spacial score (nSPS) is 10.5. The Balaban J connectivity index is 2.35. The van der Waals surface area contributed by atoms with Gasteiger partial charge in [0.15, 0.2) is 0 Å². The number of ether oxygens (including phenoxy) is 1. The van der Waals surface area contributed by atoms with E-state index in [9.17, 15) is 4.79 Å². The molecule has 0 unspecified atom stereocenters. The molecule has 0 saturated carbocycles. The number of carbonyl (C=O) groups is 1. The lowest BCUT2D eigenvalue weighted by atomic mass is 10.4. The lowest BCUT2D eigenvalue weighted by Gasteiger charge is -2.08. The molecule has 0 aliphatic rings. The molecule has 17 heavy (non-hydrogen) atoms. The van der Waals surface area contributed by atoms with Crippen LogP contribution in [0.2, 0.25) is 0 Å². The van der Waals surface area contributed by atoms with E-state index in [1.165, 1.54) is 0 Å². The lowest BCUT2D eigenvalue weighted by molar-refractivity contribution is -0.120. The number of hydrogen-bond donors (Lipinski definition) is 1. The molecule has 0 fully saturated rings. The Hall–Kier alpha value is -1.01. The second-order valence-electron chi connectivity index (χ2n) is 3.59. The van der Waals surface area contributed by atoms with Crippen molar-refractivity contribution >= 4 is 17.7 Å². The second-order valence-corrected chi connectivity index (χ2v) is 4.58. The predicted molar refractivity (Wildman–Crippen MR) is 68.9 cm³/mol. The standard InChI is InChI=1S/C11H19N3O2S/c1-16-5-4-14-9-12-7-10(14)8-13-11(15)3-6-17-2/h7,9H,3-6,8H2,1-2H3,(H,13,15). The summed E-state index contributed by atoms with van der Waals surface area (Å²) in [5.41, 5.74) is 1.000. The van der Waals surface area contributed by atoms with Crippen LogP contribution in [0.15, 0.2) is 12.5 Å². The zero-order valence-electron chi connectivity index (χ0n) is 10.3. The Morgan fingerprint density at radius 2 is 2.47 bits per heavy atom. The zero-order valence-corrected chi connectivity index (χ0v) is 11.1. The van der Waals surface area contributed by atoms with E-state index in [1.54, 1.807) is 31.4 Å². The highest BCUT2D eigenvalue weighted by Gasteiger charge is 2.04. The highest BCUT2D eigenvalue weighted by atomic mass is 32.2. The van der Waals surface area contributed by atoms with Crippen molar-refractivity contribution in [3.8, 4) is 0 Å². The summed E-state index contributed by atoms with van der Waals surface area (Å²) in [6, 6.07) is 0. The molecule has 96 valence electrons. The number of aromatic nitrogens is 2. The Kier molecular flexibility index (Phi) is 6.73. The molecular formula is C11H19N3O2S. The smallest absolute Gasteiger partial charge is 0.221 e. The van der Waals surface area contributed by atoms with Crippen LogP contribution in [0, 0.1) is 0 Å². The van der Waals surface area contributed by atoms with Crippen LogP contribution in [0.1, 0.15) is 12.1 Å². The van der Waals surface area contributed by atoms with Crippen molar-refractivity contribution in [3.63, 3.8) is 0 Å². The Bertz CT molecular complexity index is 341. The van der Waals surface area contributed by atoms with Gasteiger partial charge in [0.05, 0.1) is 25.2 Å². The fourth-order valence-corrected chi connectivity index (χ4v) is 1.75. The SMILES string of the molecule is COCCn1cncc1CNC(=O)CCSC. The minimum Gasteiger partial charge on any atom is -0.383 e. The Morgan fingerprint density at radius 1 is 1.65 bits per heavy atom. The van der Waals surface area contributed by atoms with Crippen LogP contribution < -0.4 is 5.32 Å². The molecule has 0 aromatic carbocycles. The van der Waals surface area contributed by atoms with Crippen LogP contribution in [-0.2, 0) is 22.6 Å². The number of methoxy groups -OCH3 is 1. The molecule has 6 heteroatoms. The van der Waals surface area contributed by atoms with Gasteiger partial charge in [0.25, 0.3) is 0 Å². The van der Waals surface area contributed by atoms with Crippen LogP contribution in [0.5, 0.6) is 0 Å². The van der Waals surface area contributed by atoms with Gasteiger partial charge < -0.3 is 14.6 Å². The highest BCUT2D eigenvalue weighted by Crippen LogP contribution is 2.00. The molecular weight excluding hydrogens is 238 g/mol. The van der Waals surface area contributed by atoms with Gasteiger partial charge in [-0.05, 0) is 6.26 Å². The summed E-state index contributed by atoms with van der Waals surface area (Å²) in [6.45, 7) is 1.92. The fourth-order valence-electron chi connectivity index (χ4n) is 1.36. The first kappa shape index (κ1) is 14.1. The number of nitrogens with one attached hydrogen (secondary N) is 1. The molecule has 5 nitrogen and oxygen atoms in total. The van der Waals surface area contributed by atoms with E-state index in [2.05, 4.69) is 10.3 Å². The quantitative estimate of drug-likeness (QED) is 0.752. The average Bonchev–Trinajstić information content (AvgIpc) is 2.78. The largest absolute Gasteiger partial charge is 0.383 e. The van der Waals surface area contributed by atoms with E-state index in [0.29, 0.717) is 19.6 Å². The molecule has 0 spiro atoms. The first-order valence-corrected chi connectivity index (χ1v) is 6.91. The topological polar surface area (TPSA) is 56.1 Å². The average molecular weight is 257 g/mol. The van der Waals surface area contributed by atoms with E-state index >= 15 is 0 Å². The van der Waals surface area contributed by atoms with Crippen LogP contribution >= 0.6 is 11.8 Å². The number of imidazole rings is 1. The van der Waals surface area contributed by atoms with Crippen molar-refractivity contribution in [2.24, 2.45) is 0 Å². The third kappa shape index (κ3) is 5.23. The highest BCUT2D eigenvalue weighted by molar-refractivity contribution is 7.98. The Morgan fingerprint density at radius 3 is 3.18 bits per heavy atom.